The standard InChI is InChI=1S/C15H24N4/c1-4-15(3)6-9-19(10-7-15)14-12(13(16)17)11(2)5-8-18-14/h5,8H,4,6-7,9-10H2,1-3H3,(H3,16,17). The van der Waals surface area contributed by atoms with Gasteiger partial charge in [0.2, 0.25) is 0 Å². The van der Waals surface area contributed by atoms with Gasteiger partial charge in [-0.2, -0.15) is 0 Å². The van der Waals surface area contributed by atoms with Crippen LogP contribution >= 0.6 is 0 Å². The second-order valence-electron chi connectivity index (χ2n) is 5.89. The lowest BCUT2D eigenvalue weighted by Gasteiger charge is -2.40. The highest BCUT2D eigenvalue weighted by molar-refractivity contribution is 6.01. The zero-order valence-corrected chi connectivity index (χ0v) is 12.2. The van der Waals surface area contributed by atoms with Crippen molar-refractivity contribution in [1.82, 2.24) is 4.98 Å². The van der Waals surface area contributed by atoms with Gasteiger partial charge in [0.1, 0.15) is 11.7 Å². The fraction of sp³-hybridized carbons (Fsp3) is 0.600. The number of hydrogen-bond donors (Lipinski definition) is 2. The zero-order chi connectivity index (χ0) is 14.0. The smallest absolute Gasteiger partial charge is 0.139 e. The number of hydrogen-bond acceptors (Lipinski definition) is 3. The molecule has 3 N–H and O–H groups in total. The zero-order valence-electron chi connectivity index (χ0n) is 12.2. The van der Waals surface area contributed by atoms with E-state index in [0.29, 0.717) is 5.41 Å². The van der Waals surface area contributed by atoms with Crippen LogP contribution in [0.4, 0.5) is 5.82 Å². The molecule has 0 saturated carbocycles. The number of rotatable bonds is 3. The molecule has 0 aromatic carbocycles. The Kier molecular flexibility index (Phi) is 3.78. The maximum Gasteiger partial charge on any atom is 0.139 e. The summed E-state index contributed by atoms with van der Waals surface area (Å²) in [5, 5.41) is 7.76. The second kappa shape index (κ2) is 5.19. The fourth-order valence-electron chi connectivity index (χ4n) is 2.73. The molecule has 1 aromatic heterocycles. The lowest BCUT2D eigenvalue weighted by molar-refractivity contribution is 0.238. The van der Waals surface area contributed by atoms with E-state index in [1.54, 1.807) is 0 Å². The fourth-order valence-corrected chi connectivity index (χ4v) is 2.73. The van der Waals surface area contributed by atoms with Crippen molar-refractivity contribution in [2.24, 2.45) is 11.1 Å². The summed E-state index contributed by atoms with van der Waals surface area (Å²) in [6, 6.07) is 1.92. The van der Waals surface area contributed by atoms with Crippen LogP contribution in [0.5, 0.6) is 0 Å². The molecule has 2 heterocycles. The van der Waals surface area contributed by atoms with Crippen LogP contribution in [0.1, 0.15) is 44.2 Å². The van der Waals surface area contributed by atoms with Crippen LogP contribution < -0.4 is 10.6 Å². The monoisotopic (exact) mass is 260 g/mol. The van der Waals surface area contributed by atoms with Crippen molar-refractivity contribution < 1.29 is 0 Å². The molecule has 1 aliphatic heterocycles. The maximum absolute atomic E-state index is 7.76. The SMILES string of the molecule is CCC1(C)CCN(c2nccc(C)c2C(=N)N)CC1. The van der Waals surface area contributed by atoms with Gasteiger partial charge in [-0.15, -0.1) is 0 Å². The van der Waals surface area contributed by atoms with E-state index >= 15 is 0 Å². The first-order valence-corrected chi connectivity index (χ1v) is 7.02. The minimum absolute atomic E-state index is 0.115. The lowest BCUT2D eigenvalue weighted by Crippen LogP contribution is -2.40. The normalized spacial score (nSPS) is 18.4. The molecule has 1 aliphatic rings. The molecule has 0 unspecified atom stereocenters. The van der Waals surface area contributed by atoms with Crippen molar-refractivity contribution in [2.75, 3.05) is 18.0 Å². The summed E-state index contributed by atoms with van der Waals surface area (Å²) in [4.78, 5) is 6.74. The van der Waals surface area contributed by atoms with Crippen LogP contribution in [0, 0.1) is 17.7 Å². The minimum Gasteiger partial charge on any atom is -0.384 e. The molecule has 0 atom stereocenters. The summed E-state index contributed by atoms with van der Waals surface area (Å²) in [6.45, 7) is 8.62. The van der Waals surface area contributed by atoms with Crippen molar-refractivity contribution in [2.45, 2.75) is 40.0 Å². The molecule has 19 heavy (non-hydrogen) atoms. The van der Waals surface area contributed by atoms with E-state index in [9.17, 15) is 0 Å². The van der Waals surface area contributed by atoms with E-state index in [1.807, 2.05) is 19.2 Å². The Labute approximate surface area is 115 Å². The van der Waals surface area contributed by atoms with E-state index in [2.05, 4.69) is 23.7 Å². The number of nitrogens with two attached hydrogens (primary N) is 1. The molecule has 0 radical (unpaired) electrons. The van der Waals surface area contributed by atoms with E-state index in [4.69, 9.17) is 11.1 Å². The number of pyridine rings is 1. The molecular weight excluding hydrogens is 236 g/mol. The topological polar surface area (TPSA) is 66.0 Å². The number of amidine groups is 1. The first-order chi connectivity index (χ1) is 8.97. The number of nitrogens with one attached hydrogen (secondary N) is 1. The number of anilines is 1. The minimum atomic E-state index is 0.115. The Bertz CT molecular complexity index is 473. The molecule has 1 aromatic rings. The van der Waals surface area contributed by atoms with Crippen molar-refractivity contribution >= 4 is 11.7 Å². The third-order valence-corrected chi connectivity index (χ3v) is 4.53. The van der Waals surface area contributed by atoms with Crippen molar-refractivity contribution in [3.05, 3.63) is 23.4 Å². The molecule has 0 amide bonds. The van der Waals surface area contributed by atoms with Crippen LogP contribution in [0.15, 0.2) is 12.3 Å². The Morgan fingerprint density at radius 1 is 1.47 bits per heavy atom. The van der Waals surface area contributed by atoms with E-state index in [-0.39, 0.29) is 5.84 Å². The summed E-state index contributed by atoms with van der Waals surface area (Å²) in [7, 11) is 0. The van der Waals surface area contributed by atoms with Crippen molar-refractivity contribution in [3.63, 3.8) is 0 Å². The Balaban J connectivity index is 2.25. The van der Waals surface area contributed by atoms with Gasteiger partial charge in [-0.05, 0) is 36.8 Å². The van der Waals surface area contributed by atoms with Crippen molar-refractivity contribution in [1.29, 1.82) is 5.41 Å². The van der Waals surface area contributed by atoms with Crippen LogP contribution in [0.3, 0.4) is 0 Å². The van der Waals surface area contributed by atoms with Gasteiger partial charge < -0.3 is 10.6 Å². The van der Waals surface area contributed by atoms with Crippen LogP contribution in [0.25, 0.3) is 0 Å². The van der Waals surface area contributed by atoms with E-state index in [0.717, 1.165) is 30.0 Å². The average Bonchev–Trinajstić information content (AvgIpc) is 2.39. The molecular formula is C15H24N4. The highest BCUT2D eigenvalue weighted by Gasteiger charge is 2.30. The van der Waals surface area contributed by atoms with E-state index < -0.39 is 0 Å². The number of aryl methyl sites for hydroxylation is 1. The van der Waals surface area contributed by atoms with E-state index in [1.165, 1.54) is 19.3 Å². The first-order valence-electron chi connectivity index (χ1n) is 7.02. The second-order valence-corrected chi connectivity index (χ2v) is 5.89. The number of aromatic nitrogens is 1. The molecule has 2 rings (SSSR count). The molecule has 4 heteroatoms. The predicted molar refractivity (Wildman–Crippen MR) is 79.8 cm³/mol. The first kappa shape index (κ1) is 13.8. The van der Waals surface area contributed by atoms with Gasteiger partial charge in [0, 0.05) is 19.3 Å². The predicted octanol–water partition coefficient (Wildman–Crippen LogP) is 2.69. The highest BCUT2D eigenvalue weighted by Crippen LogP contribution is 2.36. The maximum atomic E-state index is 7.76. The van der Waals surface area contributed by atoms with Crippen LogP contribution in [-0.2, 0) is 0 Å². The highest BCUT2D eigenvalue weighted by atomic mass is 15.2. The summed E-state index contributed by atoms with van der Waals surface area (Å²) >= 11 is 0. The molecule has 1 saturated heterocycles. The van der Waals surface area contributed by atoms with Crippen LogP contribution in [-0.4, -0.2) is 23.9 Å². The Morgan fingerprint density at radius 2 is 2.11 bits per heavy atom. The molecule has 104 valence electrons. The third-order valence-electron chi connectivity index (χ3n) is 4.53. The van der Waals surface area contributed by atoms with Crippen molar-refractivity contribution in [3.8, 4) is 0 Å². The summed E-state index contributed by atoms with van der Waals surface area (Å²) in [6.07, 6.45) is 5.39. The van der Waals surface area contributed by atoms with Gasteiger partial charge in [0.05, 0.1) is 5.56 Å². The van der Waals surface area contributed by atoms with Gasteiger partial charge in [0.15, 0.2) is 0 Å². The lowest BCUT2D eigenvalue weighted by atomic mass is 9.78. The van der Waals surface area contributed by atoms with Gasteiger partial charge in [-0.25, -0.2) is 4.98 Å². The molecule has 4 nitrogen and oxygen atoms in total. The van der Waals surface area contributed by atoms with Gasteiger partial charge >= 0.3 is 0 Å². The van der Waals surface area contributed by atoms with Gasteiger partial charge in [-0.3, -0.25) is 5.41 Å². The summed E-state index contributed by atoms with van der Waals surface area (Å²) < 4.78 is 0. The van der Waals surface area contributed by atoms with Gasteiger partial charge in [-0.1, -0.05) is 20.3 Å². The number of piperidine rings is 1. The molecule has 0 bridgehead atoms. The summed E-state index contributed by atoms with van der Waals surface area (Å²) in [5.74, 6) is 0.995. The average molecular weight is 260 g/mol. The number of nitrogens with zero attached hydrogens (tertiary/aromatic N) is 2. The molecule has 0 aliphatic carbocycles. The summed E-state index contributed by atoms with van der Waals surface area (Å²) in [5.41, 5.74) is 8.00. The largest absolute Gasteiger partial charge is 0.384 e. The van der Waals surface area contributed by atoms with Gasteiger partial charge in [0.25, 0.3) is 0 Å². The molecule has 1 fully saturated rings. The molecule has 0 spiro atoms. The Morgan fingerprint density at radius 3 is 2.63 bits per heavy atom. The Hall–Kier alpha value is -1.58. The third kappa shape index (κ3) is 2.72. The quantitative estimate of drug-likeness (QED) is 0.648. The number of nitrogen functional groups attached to an aromatic ring is 1. The van der Waals surface area contributed by atoms with Crippen LogP contribution in [0.2, 0.25) is 0 Å².